The molecule has 108 valence electrons. The number of aliphatic hydroxyl groups excluding tert-OH is 1. The Morgan fingerprint density at radius 1 is 1.33 bits per heavy atom. The van der Waals surface area contributed by atoms with Crippen LogP contribution in [-0.2, 0) is 4.74 Å². The molecule has 0 aromatic carbocycles. The van der Waals surface area contributed by atoms with Crippen molar-refractivity contribution in [2.24, 2.45) is 11.7 Å². The molecule has 1 unspecified atom stereocenters. The summed E-state index contributed by atoms with van der Waals surface area (Å²) in [6, 6.07) is 0. The third kappa shape index (κ3) is 8.03. The number of hydrogen-bond acceptors (Lipinski definition) is 4. The normalized spacial score (nSPS) is 19.2. The van der Waals surface area contributed by atoms with E-state index in [-0.39, 0.29) is 6.61 Å². The molecule has 1 rings (SSSR count). The molecule has 0 bridgehead atoms. The summed E-state index contributed by atoms with van der Waals surface area (Å²) in [5, 5.41) is 9.04. The number of likely N-dealkylation sites (N-methyl/N-ethyl adjacent to an activating group) is 1. The number of nitrogens with zero attached hydrogens (tertiary/aromatic N) is 1. The van der Waals surface area contributed by atoms with Crippen molar-refractivity contribution in [2.75, 3.05) is 40.0 Å². The first-order valence-corrected chi connectivity index (χ1v) is 7.19. The molecule has 0 aliphatic heterocycles. The Balaban J connectivity index is 1.87. The first-order valence-electron chi connectivity index (χ1n) is 7.19. The average molecular weight is 258 g/mol. The van der Waals surface area contributed by atoms with Gasteiger partial charge >= 0.3 is 0 Å². The fourth-order valence-electron chi connectivity index (χ4n) is 1.86. The highest BCUT2D eigenvalue weighted by Gasteiger charge is 2.21. The molecule has 1 saturated carbocycles. The van der Waals surface area contributed by atoms with Crippen LogP contribution in [0.5, 0.6) is 0 Å². The van der Waals surface area contributed by atoms with Crippen LogP contribution in [0, 0.1) is 5.92 Å². The van der Waals surface area contributed by atoms with E-state index in [1.54, 1.807) is 0 Å². The summed E-state index contributed by atoms with van der Waals surface area (Å²) < 4.78 is 5.61. The third-order valence-electron chi connectivity index (χ3n) is 3.57. The van der Waals surface area contributed by atoms with Gasteiger partial charge in [-0.15, -0.1) is 0 Å². The Bertz CT molecular complexity index is 218. The molecular weight excluding hydrogens is 228 g/mol. The Hall–Kier alpha value is -0.160. The van der Waals surface area contributed by atoms with Crippen molar-refractivity contribution < 1.29 is 9.84 Å². The average Bonchev–Trinajstić information content (AvgIpc) is 3.14. The van der Waals surface area contributed by atoms with Crippen LogP contribution in [0.2, 0.25) is 0 Å². The molecule has 0 heterocycles. The van der Waals surface area contributed by atoms with Crippen LogP contribution >= 0.6 is 0 Å². The molecule has 1 fully saturated rings. The van der Waals surface area contributed by atoms with E-state index in [0.717, 1.165) is 51.5 Å². The maximum absolute atomic E-state index is 9.04. The molecule has 0 amide bonds. The van der Waals surface area contributed by atoms with Crippen LogP contribution in [0.1, 0.15) is 39.0 Å². The molecular formula is C14H30N2O2. The van der Waals surface area contributed by atoms with Crippen LogP contribution in [0.25, 0.3) is 0 Å². The molecule has 0 saturated heterocycles. The van der Waals surface area contributed by atoms with Crippen LogP contribution in [0.3, 0.4) is 0 Å². The van der Waals surface area contributed by atoms with Crippen molar-refractivity contribution in [1.29, 1.82) is 0 Å². The van der Waals surface area contributed by atoms with Gasteiger partial charge in [0, 0.05) is 18.7 Å². The summed E-state index contributed by atoms with van der Waals surface area (Å²) in [7, 11) is 2.13. The smallest absolute Gasteiger partial charge is 0.0608 e. The lowest BCUT2D eigenvalue weighted by Crippen LogP contribution is -2.40. The number of ether oxygens (including phenoxy) is 1. The molecule has 0 spiro atoms. The van der Waals surface area contributed by atoms with E-state index in [2.05, 4.69) is 11.9 Å². The third-order valence-corrected chi connectivity index (χ3v) is 3.57. The van der Waals surface area contributed by atoms with Gasteiger partial charge in [0.05, 0.1) is 13.2 Å². The zero-order valence-electron chi connectivity index (χ0n) is 12.0. The largest absolute Gasteiger partial charge is 0.394 e. The lowest BCUT2D eigenvalue weighted by atomic mass is 9.97. The number of aliphatic hydroxyl groups is 1. The minimum Gasteiger partial charge on any atom is -0.394 e. The summed E-state index contributed by atoms with van der Waals surface area (Å²) in [5.41, 5.74) is 5.47. The van der Waals surface area contributed by atoms with Crippen LogP contribution < -0.4 is 5.73 Å². The minimum atomic E-state index is -0.411. The number of unbranched alkanes of at least 4 members (excludes halogenated alkanes) is 1. The molecule has 0 radical (unpaired) electrons. The van der Waals surface area contributed by atoms with Gasteiger partial charge in [0.25, 0.3) is 0 Å². The van der Waals surface area contributed by atoms with Crippen molar-refractivity contribution in [1.82, 2.24) is 4.90 Å². The standard InChI is InChI=1S/C14H30N2O2/c1-14(15,12-17)7-3-4-8-16(2)9-10-18-11-13-5-6-13/h13,17H,3-12,15H2,1-2H3. The van der Waals surface area contributed by atoms with E-state index in [4.69, 9.17) is 15.6 Å². The van der Waals surface area contributed by atoms with Crippen molar-refractivity contribution in [3.63, 3.8) is 0 Å². The SMILES string of the molecule is CN(CCCCC(C)(N)CO)CCOCC1CC1. The van der Waals surface area contributed by atoms with Crippen LogP contribution in [0.15, 0.2) is 0 Å². The van der Waals surface area contributed by atoms with Gasteiger partial charge in [-0.05, 0) is 52.1 Å². The summed E-state index contributed by atoms with van der Waals surface area (Å²) in [6.07, 6.45) is 5.80. The molecule has 4 heteroatoms. The van der Waals surface area contributed by atoms with Gasteiger partial charge in [-0.1, -0.05) is 6.42 Å². The van der Waals surface area contributed by atoms with Gasteiger partial charge in [0.1, 0.15) is 0 Å². The molecule has 0 aromatic heterocycles. The Kier molecular flexibility index (Phi) is 7.15. The van der Waals surface area contributed by atoms with E-state index >= 15 is 0 Å². The number of rotatable bonds is 11. The quantitative estimate of drug-likeness (QED) is 0.547. The van der Waals surface area contributed by atoms with Crippen molar-refractivity contribution in [3.8, 4) is 0 Å². The number of nitrogens with two attached hydrogens (primary N) is 1. The van der Waals surface area contributed by atoms with Crippen molar-refractivity contribution in [2.45, 2.75) is 44.6 Å². The predicted octanol–water partition coefficient (Wildman–Crippen LogP) is 1.22. The van der Waals surface area contributed by atoms with Gasteiger partial charge in [0.2, 0.25) is 0 Å². The monoisotopic (exact) mass is 258 g/mol. The summed E-state index contributed by atoms with van der Waals surface area (Å²) in [5.74, 6) is 0.857. The highest BCUT2D eigenvalue weighted by atomic mass is 16.5. The summed E-state index contributed by atoms with van der Waals surface area (Å²) in [6.45, 7) is 5.86. The molecule has 1 aliphatic carbocycles. The molecule has 3 N–H and O–H groups in total. The molecule has 1 atom stereocenters. The lowest BCUT2D eigenvalue weighted by Gasteiger charge is -2.22. The lowest BCUT2D eigenvalue weighted by molar-refractivity contribution is 0.103. The fourth-order valence-corrected chi connectivity index (χ4v) is 1.86. The number of hydrogen-bond donors (Lipinski definition) is 2. The highest BCUT2D eigenvalue weighted by molar-refractivity contribution is 4.76. The topological polar surface area (TPSA) is 58.7 Å². The second kappa shape index (κ2) is 8.10. The maximum Gasteiger partial charge on any atom is 0.0608 e. The fraction of sp³-hybridized carbons (Fsp3) is 1.00. The van der Waals surface area contributed by atoms with Gasteiger partial charge in [-0.2, -0.15) is 0 Å². The molecule has 18 heavy (non-hydrogen) atoms. The Labute approximate surface area is 111 Å². The zero-order valence-corrected chi connectivity index (χ0v) is 12.0. The molecule has 4 nitrogen and oxygen atoms in total. The van der Waals surface area contributed by atoms with E-state index in [1.807, 2.05) is 6.92 Å². The van der Waals surface area contributed by atoms with Crippen molar-refractivity contribution >= 4 is 0 Å². The van der Waals surface area contributed by atoms with Gasteiger partial charge in [0.15, 0.2) is 0 Å². The molecule has 0 aromatic rings. The van der Waals surface area contributed by atoms with Gasteiger partial charge < -0.3 is 20.5 Å². The highest BCUT2D eigenvalue weighted by Crippen LogP contribution is 2.28. The summed E-state index contributed by atoms with van der Waals surface area (Å²) >= 11 is 0. The molecule has 1 aliphatic rings. The van der Waals surface area contributed by atoms with Crippen molar-refractivity contribution in [3.05, 3.63) is 0 Å². The minimum absolute atomic E-state index is 0.0673. The Morgan fingerprint density at radius 3 is 2.67 bits per heavy atom. The van der Waals surface area contributed by atoms with E-state index in [0.29, 0.717) is 0 Å². The van der Waals surface area contributed by atoms with E-state index < -0.39 is 5.54 Å². The first-order chi connectivity index (χ1) is 8.53. The van der Waals surface area contributed by atoms with Gasteiger partial charge in [-0.25, -0.2) is 0 Å². The predicted molar refractivity (Wildman–Crippen MR) is 74.6 cm³/mol. The van der Waals surface area contributed by atoms with Crippen LogP contribution in [0.4, 0.5) is 0 Å². The van der Waals surface area contributed by atoms with E-state index in [1.165, 1.54) is 12.8 Å². The summed E-state index contributed by atoms with van der Waals surface area (Å²) in [4.78, 5) is 2.31. The van der Waals surface area contributed by atoms with Gasteiger partial charge in [-0.3, -0.25) is 0 Å². The second-order valence-electron chi connectivity index (χ2n) is 6.09. The second-order valence-corrected chi connectivity index (χ2v) is 6.09. The maximum atomic E-state index is 9.04. The first kappa shape index (κ1) is 15.9. The Morgan fingerprint density at radius 2 is 2.06 bits per heavy atom. The zero-order chi connectivity index (χ0) is 13.4. The van der Waals surface area contributed by atoms with Crippen LogP contribution in [-0.4, -0.2) is 55.5 Å². The van der Waals surface area contributed by atoms with E-state index in [9.17, 15) is 0 Å².